The van der Waals surface area contributed by atoms with Gasteiger partial charge in [-0.1, -0.05) is 11.6 Å². The SMILES string of the molecule is Cc1ccc(C(=O)N2CCC(c3nc4cc(Cl)ccc4s3)CC2)o1. The van der Waals surface area contributed by atoms with Crippen LogP contribution in [0.25, 0.3) is 10.2 Å². The molecule has 2 aromatic heterocycles. The van der Waals surface area contributed by atoms with Gasteiger partial charge in [0.05, 0.1) is 15.2 Å². The molecular weight excluding hydrogens is 344 g/mol. The summed E-state index contributed by atoms with van der Waals surface area (Å²) in [6, 6.07) is 9.41. The number of hydrogen-bond acceptors (Lipinski definition) is 4. The first-order chi connectivity index (χ1) is 11.6. The molecule has 6 heteroatoms. The summed E-state index contributed by atoms with van der Waals surface area (Å²) >= 11 is 7.77. The lowest BCUT2D eigenvalue weighted by molar-refractivity contribution is 0.0679. The number of hydrogen-bond donors (Lipinski definition) is 0. The van der Waals surface area contributed by atoms with Crippen LogP contribution < -0.4 is 0 Å². The van der Waals surface area contributed by atoms with Gasteiger partial charge in [0.25, 0.3) is 5.91 Å². The number of furan rings is 1. The van der Waals surface area contributed by atoms with Gasteiger partial charge in [0.1, 0.15) is 5.76 Å². The lowest BCUT2D eigenvalue weighted by Crippen LogP contribution is -2.37. The number of aromatic nitrogens is 1. The van der Waals surface area contributed by atoms with Crippen LogP contribution in [0.15, 0.2) is 34.7 Å². The molecular formula is C18H17ClN2O2S. The Balaban J connectivity index is 1.46. The number of nitrogens with zero attached hydrogens (tertiary/aromatic N) is 2. The molecule has 1 amide bonds. The zero-order chi connectivity index (χ0) is 16.7. The number of piperidine rings is 1. The highest BCUT2D eigenvalue weighted by molar-refractivity contribution is 7.18. The number of likely N-dealkylation sites (tertiary alicyclic amines) is 1. The fourth-order valence-electron chi connectivity index (χ4n) is 3.13. The monoisotopic (exact) mass is 360 g/mol. The minimum Gasteiger partial charge on any atom is -0.456 e. The van der Waals surface area contributed by atoms with Crippen molar-refractivity contribution in [3.05, 3.63) is 51.9 Å². The van der Waals surface area contributed by atoms with Crippen LogP contribution in [-0.4, -0.2) is 28.9 Å². The average molecular weight is 361 g/mol. The van der Waals surface area contributed by atoms with E-state index in [2.05, 4.69) is 0 Å². The molecule has 1 fully saturated rings. The Morgan fingerprint density at radius 2 is 2.08 bits per heavy atom. The summed E-state index contributed by atoms with van der Waals surface area (Å²) in [7, 11) is 0. The number of carbonyl (C=O) groups is 1. The van der Waals surface area contributed by atoms with Gasteiger partial charge in [-0.2, -0.15) is 0 Å². The first-order valence-corrected chi connectivity index (χ1v) is 9.21. The van der Waals surface area contributed by atoms with Gasteiger partial charge in [0.2, 0.25) is 0 Å². The Bertz CT molecular complexity index is 893. The Labute approximate surface area is 149 Å². The maximum atomic E-state index is 12.4. The first-order valence-electron chi connectivity index (χ1n) is 8.02. The summed E-state index contributed by atoms with van der Waals surface area (Å²) in [4.78, 5) is 19.1. The third-order valence-corrected chi connectivity index (χ3v) is 5.88. The molecule has 1 aliphatic rings. The summed E-state index contributed by atoms with van der Waals surface area (Å²) in [6.45, 7) is 3.32. The van der Waals surface area contributed by atoms with E-state index in [1.54, 1.807) is 17.4 Å². The second-order valence-corrected chi connectivity index (χ2v) is 7.64. The van der Waals surface area contributed by atoms with Crippen molar-refractivity contribution in [2.24, 2.45) is 0 Å². The van der Waals surface area contributed by atoms with Crippen molar-refractivity contribution in [2.75, 3.05) is 13.1 Å². The predicted molar refractivity (Wildman–Crippen MR) is 96.0 cm³/mol. The van der Waals surface area contributed by atoms with Crippen molar-refractivity contribution in [1.29, 1.82) is 0 Å². The van der Waals surface area contributed by atoms with E-state index in [4.69, 9.17) is 21.0 Å². The van der Waals surface area contributed by atoms with Gasteiger partial charge < -0.3 is 9.32 Å². The summed E-state index contributed by atoms with van der Waals surface area (Å²) in [6.07, 6.45) is 1.86. The smallest absolute Gasteiger partial charge is 0.289 e. The zero-order valence-electron chi connectivity index (χ0n) is 13.3. The van der Waals surface area contributed by atoms with Crippen LogP contribution in [0.5, 0.6) is 0 Å². The lowest BCUT2D eigenvalue weighted by atomic mass is 9.97. The Kier molecular flexibility index (Phi) is 4.06. The maximum absolute atomic E-state index is 12.4. The van der Waals surface area contributed by atoms with Crippen LogP contribution in [0.4, 0.5) is 0 Å². The van der Waals surface area contributed by atoms with E-state index in [1.165, 1.54) is 4.70 Å². The van der Waals surface area contributed by atoms with Gasteiger partial charge in [-0.3, -0.25) is 4.79 Å². The number of amides is 1. The van der Waals surface area contributed by atoms with Crippen molar-refractivity contribution in [1.82, 2.24) is 9.88 Å². The summed E-state index contributed by atoms with van der Waals surface area (Å²) in [5.74, 6) is 1.59. The highest BCUT2D eigenvalue weighted by Crippen LogP contribution is 2.35. The van der Waals surface area contributed by atoms with Crippen molar-refractivity contribution in [2.45, 2.75) is 25.7 Å². The fourth-order valence-corrected chi connectivity index (χ4v) is 4.41. The molecule has 124 valence electrons. The minimum atomic E-state index is -0.0161. The van der Waals surface area contributed by atoms with Crippen LogP contribution in [0.2, 0.25) is 5.02 Å². The standard InChI is InChI=1S/C18H17ClN2O2S/c1-11-2-4-15(23-11)18(22)21-8-6-12(7-9-21)17-20-14-10-13(19)3-5-16(14)24-17/h2-5,10,12H,6-9H2,1H3. The van der Waals surface area contributed by atoms with E-state index in [0.29, 0.717) is 16.7 Å². The van der Waals surface area contributed by atoms with Gasteiger partial charge in [0.15, 0.2) is 5.76 Å². The molecule has 1 aromatic carbocycles. The molecule has 1 aliphatic heterocycles. The highest BCUT2D eigenvalue weighted by Gasteiger charge is 2.27. The second kappa shape index (κ2) is 6.22. The van der Waals surface area contributed by atoms with Gasteiger partial charge in [-0.05, 0) is 50.1 Å². The van der Waals surface area contributed by atoms with Gasteiger partial charge >= 0.3 is 0 Å². The highest BCUT2D eigenvalue weighted by atomic mass is 35.5. The predicted octanol–water partition coefficient (Wildman–Crippen LogP) is 4.87. The van der Waals surface area contributed by atoms with Gasteiger partial charge in [-0.25, -0.2) is 4.98 Å². The largest absolute Gasteiger partial charge is 0.456 e. The Hall–Kier alpha value is -1.85. The molecule has 1 saturated heterocycles. The molecule has 0 N–H and O–H groups in total. The first kappa shape index (κ1) is 15.7. The lowest BCUT2D eigenvalue weighted by Gasteiger charge is -2.30. The normalized spacial score (nSPS) is 16.0. The molecule has 0 aliphatic carbocycles. The molecule has 0 radical (unpaired) electrons. The molecule has 0 spiro atoms. The quantitative estimate of drug-likeness (QED) is 0.654. The summed E-state index contributed by atoms with van der Waals surface area (Å²) in [5.41, 5.74) is 0.965. The molecule has 4 rings (SSSR count). The van der Waals surface area contributed by atoms with Crippen molar-refractivity contribution >= 4 is 39.1 Å². The Morgan fingerprint density at radius 3 is 2.79 bits per heavy atom. The molecule has 0 saturated carbocycles. The molecule has 4 nitrogen and oxygen atoms in total. The molecule has 24 heavy (non-hydrogen) atoms. The van der Waals surface area contributed by atoms with Crippen LogP contribution in [0.1, 0.15) is 40.1 Å². The number of thiazole rings is 1. The average Bonchev–Trinajstić information content (AvgIpc) is 3.20. The number of aryl methyl sites for hydroxylation is 1. The van der Waals surface area contributed by atoms with E-state index >= 15 is 0 Å². The number of rotatable bonds is 2. The molecule has 0 unspecified atom stereocenters. The van der Waals surface area contributed by atoms with Gasteiger partial charge in [-0.15, -0.1) is 11.3 Å². The summed E-state index contributed by atoms with van der Waals surface area (Å²) in [5, 5.41) is 1.86. The van der Waals surface area contributed by atoms with E-state index in [-0.39, 0.29) is 5.91 Å². The zero-order valence-corrected chi connectivity index (χ0v) is 14.9. The minimum absolute atomic E-state index is 0.0161. The topological polar surface area (TPSA) is 46.3 Å². The van der Waals surface area contributed by atoms with Crippen molar-refractivity contribution in [3.63, 3.8) is 0 Å². The van der Waals surface area contributed by atoms with Crippen LogP contribution >= 0.6 is 22.9 Å². The molecule has 0 atom stereocenters. The number of benzene rings is 1. The third kappa shape index (κ3) is 2.94. The second-order valence-electron chi connectivity index (χ2n) is 6.14. The van der Waals surface area contributed by atoms with E-state index in [1.807, 2.05) is 36.1 Å². The van der Waals surface area contributed by atoms with E-state index in [0.717, 1.165) is 42.2 Å². The number of halogens is 1. The molecule has 0 bridgehead atoms. The Morgan fingerprint density at radius 1 is 1.29 bits per heavy atom. The maximum Gasteiger partial charge on any atom is 0.289 e. The number of carbonyl (C=O) groups excluding carboxylic acids is 1. The van der Waals surface area contributed by atoms with E-state index < -0.39 is 0 Å². The van der Waals surface area contributed by atoms with Crippen LogP contribution in [-0.2, 0) is 0 Å². The van der Waals surface area contributed by atoms with Gasteiger partial charge in [0, 0.05) is 24.0 Å². The summed E-state index contributed by atoms with van der Waals surface area (Å²) < 4.78 is 6.61. The van der Waals surface area contributed by atoms with Crippen LogP contribution in [0, 0.1) is 6.92 Å². The van der Waals surface area contributed by atoms with E-state index in [9.17, 15) is 4.79 Å². The third-order valence-electron chi connectivity index (χ3n) is 4.45. The fraction of sp³-hybridized carbons (Fsp3) is 0.333. The molecule has 3 heterocycles. The molecule has 3 aromatic rings. The number of fused-ring (bicyclic) bond motifs is 1. The van der Waals surface area contributed by atoms with Crippen LogP contribution in [0.3, 0.4) is 0 Å². The van der Waals surface area contributed by atoms with Crippen molar-refractivity contribution < 1.29 is 9.21 Å². The van der Waals surface area contributed by atoms with Crippen molar-refractivity contribution in [3.8, 4) is 0 Å².